The minimum Gasteiger partial charge on any atom is -0.351 e. The fourth-order valence-corrected chi connectivity index (χ4v) is 2.76. The summed E-state index contributed by atoms with van der Waals surface area (Å²) in [5.41, 5.74) is -0.891. The average Bonchev–Trinajstić information content (AvgIpc) is 2.60. The first-order valence-corrected chi connectivity index (χ1v) is 8.30. The highest BCUT2D eigenvalue weighted by atomic mass is 19.1. The first-order chi connectivity index (χ1) is 11.7. The van der Waals surface area contributed by atoms with Crippen LogP contribution in [0.15, 0.2) is 24.3 Å². The van der Waals surface area contributed by atoms with Crippen molar-refractivity contribution in [3.63, 3.8) is 0 Å². The maximum absolute atomic E-state index is 13.6. The van der Waals surface area contributed by atoms with Crippen LogP contribution in [0.25, 0.3) is 0 Å². The number of carbonyl (C=O) groups excluding carboxylic acids is 3. The van der Waals surface area contributed by atoms with Gasteiger partial charge in [-0.25, -0.2) is 4.39 Å². The topological polar surface area (TPSA) is 69.7 Å². The van der Waals surface area contributed by atoms with Gasteiger partial charge in [0.05, 0.1) is 0 Å². The number of rotatable bonds is 4. The molecular weight excluding hydrogens is 325 g/mol. The van der Waals surface area contributed by atoms with Crippen LogP contribution in [0, 0.1) is 11.2 Å². The van der Waals surface area contributed by atoms with E-state index in [1.807, 2.05) is 0 Å². The third-order valence-corrected chi connectivity index (χ3v) is 4.51. The highest BCUT2D eigenvalue weighted by Gasteiger charge is 2.40. The molecule has 2 rings (SSSR count). The number of carbonyl (C=O) groups is 3. The number of amides is 3. The highest BCUT2D eigenvalue weighted by Crippen LogP contribution is 2.21. The van der Waals surface area contributed by atoms with Crippen molar-refractivity contribution in [2.24, 2.45) is 5.41 Å². The first-order valence-electron chi connectivity index (χ1n) is 8.30. The van der Waals surface area contributed by atoms with E-state index in [-0.39, 0.29) is 18.4 Å². The molecule has 1 fully saturated rings. The summed E-state index contributed by atoms with van der Waals surface area (Å²) in [5.74, 6) is -1.15. The lowest BCUT2D eigenvalue weighted by molar-refractivity contribution is -0.151. The van der Waals surface area contributed by atoms with E-state index in [2.05, 4.69) is 5.32 Å². The van der Waals surface area contributed by atoms with E-state index in [1.54, 1.807) is 41.8 Å². The van der Waals surface area contributed by atoms with Crippen LogP contribution < -0.4 is 5.32 Å². The van der Waals surface area contributed by atoms with Crippen molar-refractivity contribution in [1.82, 2.24) is 15.1 Å². The Hall–Kier alpha value is -2.44. The van der Waals surface area contributed by atoms with Crippen molar-refractivity contribution in [1.29, 1.82) is 0 Å². The first kappa shape index (κ1) is 18.9. The van der Waals surface area contributed by atoms with Crippen LogP contribution in [0.4, 0.5) is 4.39 Å². The second-order valence-electron chi connectivity index (χ2n) is 6.70. The van der Waals surface area contributed by atoms with E-state index in [1.165, 1.54) is 13.0 Å². The molecule has 7 heteroatoms. The molecule has 0 unspecified atom stereocenters. The molecule has 0 saturated carbocycles. The van der Waals surface area contributed by atoms with Gasteiger partial charge in [-0.15, -0.1) is 0 Å². The van der Waals surface area contributed by atoms with Gasteiger partial charge < -0.3 is 15.1 Å². The van der Waals surface area contributed by atoms with Gasteiger partial charge in [0.2, 0.25) is 17.7 Å². The van der Waals surface area contributed by atoms with Crippen molar-refractivity contribution >= 4 is 17.7 Å². The van der Waals surface area contributed by atoms with Crippen LogP contribution >= 0.6 is 0 Å². The summed E-state index contributed by atoms with van der Waals surface area (Å²) in [5, 5.41) is 2.64. The van der Waals surface area contributed by atoms with Crippen LogP contribution in [-0.4, -0.2) is 53.7 Å². The number of halogens is 1. The molecule has 136 valence electrons. The van der Waals surface area contributed by atoms with Gasteiger partial charge in [-0.3, -0.25) is 14.4 Å². The molecule has 6 nitrogen and oxygen atoms in total. The lowest BCUT2D eigenvalue weighted by atomic mass is 9.89. The van der Waals surface area contributed by atoms with E-state index in [0.717, 1.165) is 0 Å². The molecule has 3 amide bonds. The Morgan fingerprint density at radius 2 is 1.64 bits per heavy atom. The quantitative estimate of drug-likeness (QED) is 0.830. The van der Waals surface area contributed by atoms with Crippen molar-refractivity contribution < 1.29 is 18.8 Å². The molecule has 25 heavy (non-hydrogen) atoms. The largest absolute Gasteiger partial charge is 0.351 e. The lowest BCUT2D eigenvalue weighted by Crippen LogP contribution is -2.56. The van der Waals surface area contributed by atoms with Crippen molar-refractivity contribution in [3.05, 3.63) is 35.6 Å². The monoisotopic (exact) mass is 349 g/mol. The Kier molecular flexibility index (Phi) is 5.77. The molecule has 1 aliphatic heterocycles. The molecule has 1 aromatic carbocycles. The van der Waals surface area contributed by atoms with Crippen molar-refractivity contribution in [3.8, 4) is 0 Å². The van der Waals surface area contributed by atoms with Gasteiger partial charge in [0.15, 0.2) is 0 Å². The maximum Gasteiger partial charge on any atom is 0.237 e. The number of nitrogens with zero attached hydrogens (tertiary/aromatic N) is 2. The number of piperazine rings is 1. The summed E-state index contributed by atoms with van der Waals surface area (Å²) in [4.78, 5) is 39.8. The van der Waals surface area contributed by atoms with Crippen LogP contribution in [-0.2, 0) is 20.9 Å². The van der Waals surface area contributed by atoms with Gasteiger partial charge in [-0.1, -0.05) is 18.2 Å². The molecule has 0 aliphatic carbocycles. The molecular formula is C18H24FN3O3. The lowest BCUT2D eigenvalue weighted by Gasteiger charge is -2.37. The Bertz CT molecular complexity index is 667. The zero-order chi connectivity index (χ0) is 18.6. The SMILES string of the molecule is CC(=O)N1CCN(C(=O)C(C)(C)C(=O)NCc2ccccc2F)CC1. The van der Waals surface area contributed by atoms with E-state index in [9.17, 15) is 18.8 Å². The molecule has 0 spiro atoms. The maximum atomic E-state index is 13.6. The van der Waals surface area contributed by atoms with Gasteiger partial charge in [-0.2, -0.15) is 0 Å². The van der Waals surface area contributed by atoms with Crippen molar-refractivity contribution in [2.75, 3.05) is 26.2 Å². The molecule has 1 aromatic rings. The summed E-state index contributed by atoms with van der Waals surface area (Å²) in [6.45, 7) is 6.39. The Morgan fingerprint density at radius 3 is 2.20 bits per heavy atom. The molecule has 1 heterocycles. The average molecular weight is 349 g/mol. The predicted molar refractivity (Wildman–Crippen MR) is 90.9 cm³/mol. The summed E-state index contributed by atoms with van der Waals surface area (Å²) in [6, 6.07) is 6.18. The second-order valence-corrected chi connectivity index (χ2v) is 6.70. The molecule has 1 N–H and O–H groups in total. The van der Waals surface area contributed by atoms with Gasteiger partial charge in [0.25, 0.3) is 0 Å². The van der Waals surface area contributed by atoms with Crippen molar-refractivity contribution in [2.45, 2.75) is 27.3 Å². The summed E-state index contributed by atoms with van der Waals surface area (Å²) >= 11 is 0. The fraction of sp³-hybridized carbons (Fsp3) is 0.500. The molecule has 0 radical (unpaired) electrons. The molecule has 0 atom stereocenters. The minimum absolute atomic E-state index is 0.0195. The molecule has 1 saturated heterocycles. The predicted octanol–water partition coefficient (Wildman–Crippen LogP) is 1.16. The number of nitrogens with one attached hydrogen (secondary N) is 1. The Morgan fingerprint density at radius 1 is 1.08 bits per heavy atom. The van der Waals surface area contributed by atoms with Crippen LogP contribution in [0.3, 0.4) is 0 Å². The standard InChI is InChI=1S/C18H24FN3O3/c1-13(23)21-8-10-22(11-9-21)17(25)18(2,3)16(24)20-12-14-6-4-5-7-15(14)19/h4-7H,8-12H2,1-3H3,(H,20,24). The van der Waals surface area contributed by atoms with Crippen LogP contribution in [0.1, 0.15) is 26.3 Å². The van der Waals surface area contributed by atoms with E-state index < -0.39 is 17.1 Å². The Labute approximate surface area is 147 Å². The summed E-state index contributed by atoms with van der Waals surface area (Å²) in [6.07, 6.45) is 0. The Balaban J connectivity index is 1.95. The molecule has 1 aliphatic rings. The van der Waals surface area contributed by atoms with Gasteiger partial charge >= 0.3 is 0 Å². The number of hydrogen-bond donors (Lipinski definition) is 1. The summed E-state index contributed by atoms with van der Waals surface area (Å²) in [7, 11) is 0. The van der Waals surface area contributed by atoms with Crippen LogP contribution in [0.5, 0.6) is 0 Å². The van der Waals surface area contributed by atoms with E-state index in [4.69, 9.17) is 0 Å². The zero-order valence-electron chi connectivity index (χ0n) is 14.8. The third kappa shape index (κ3) is 4.35. The third-order valence-electron chi connectivity index (χ3n) is 4.51. The fourth-order valence-electron chi connectivity index (χ4n) is 2.76. The number of hydrogen-bond acceptors (Lipinski definition) is 3. The van der Waals surface area contributed by atoms with Gasteiger partial charge in [-0.05, 0) is 19.9 Å². The van der Waals surface area contributed by atoms with Gasteiger partial charge in [0, 0.05) is 45.2 Å². The minimum atomic E-state index is -1.26. The van der Waals surface area contributed by atoms with Crippen LogP contribution in [0.2, 0.25) is 0 Å². The molecule has 0 aromatic heterocycles. The zero-order valence-corrected chi connectivity index (χ0v) is 14.8. The smallest absolute Gasteiger partial charge is 0.237 e. The van der Waals surface area contributed by atoms with E-state index >= 15 is 0 Å². The second kappa shape index (κ2) is 7.63. The number of benzene rings is 1. The normalized spacial score (nSPS) is 15.0. The highest BCUT2D eigenvalue weighted by molar-refractivity contribution is 6.04. The van der Waals surface area contributed by atoms with E-state index in [0.29, 0.717) is 31.7 Å². The summed E-state index contributed by atoms with van der Waals surface area (Å²) < 4.78 is 13.6. The molecule has 0 bridgehead atoms. The van der Waals surface area contributed by atoms with Gasteiger partial charge in [0.1, 0.15) is 11.2 Å².